The molecular formula is C11H7N3O3. The summed E-state index contributed by atoms with van der Waals surface area (Å²) in [6.45, 7) is 0.233. The molecule has 0 bridgehead atoms. The molecule has 0 spiro atoms. The van der Waals surface area contributed by atoms with E-state index in [4.69, 9.17) is 5.53 Å². The van der Waals surface area contributed by atoms with Crippen LogP contribution in [-0.2, 0) is 4.74 Å². The van der Waals surface area contributed by atoms with Crippen molar-refractivity contribution in [2.24, 2.45) is 5.11 Å². The maximum absolute atomic E-state index is 11.3. The topological polar surface area (TPSA) is 92.1 Å². The fraction of sp³-hybridized carbons (Fsp3) is 0.0909. The van der Waals surface area contributed by atoms with Crippen molar-refractivity contribution >= 4 is 18.0 Å². The van der Waals surface area contributed by atoms with Crippen molar-refractivity contribution in [1.82, 2.24) is 0 Å². The summed E-state index contributed by atoms with van der Waals surface area (Å²) < 4.78 is 4.46. The van der Waals surface area contributed by atoms with E-state index in [9.17, 15) is 9.59 Å². The molecule has 17 heavy (non-hydrogen) atoms. The number of ether oxygens (including phenoxy) is 1. The zero-order valence-electron chi connectivity index (χ0n) is 8.66. The molecule has 0 atom stereocenters. The number of hydrogen-bond acceptors (Lipinski definition) is 4. The van der Waals surface area contributed by atoms with Gasteiger partial charge in [0.15, 0.2) is 0 Å². The average molecular weight is 229 g/mol. The molecule has 1 aliphatic rings. The highest BCUT2D eigenvalue weighted by Gasteiger charge is 2.29. The Morgan fingerprint density at radius 3 is 2.82 bits per heavy atom. The van der Waals surface area contributed by atoms with Gasteiger partial charge in [-0.15, -0.1) is 0 Å². The number of nitrogens with zero attached hydrogens (tertiary/aromatic N) is 3. The normalized spacial score (nSPS) is 13.4. The van der Waals surface area contributed by atoms with Crippen LogP contribution >= 0.6 is 0 Å². The Hall–Kier alpha value is -2.59. The van der Waals surface area contributed by atoms with Crippen LogP contribution in [0.25, 0.3) is 16.5 Å². The van der Waals surface area contributed by atoms with Gasteiger partial charge in [-0.05, 0) is 23.2 Å². The molecular weight excluding hydrogens is 222 g/mol. The van der Waals surface area contributed by atoms with Crippen LogP contribution in [0.2, 0.25) is 0 Å². The molecule has 0 saturated heterocycles. The molecule has 6 heteroatoms. The number of azide groups is 1. The number of benzene rings is 1. The highest BCUT2D eigenvalue weighted by Crippen LogP contribution is 2.21. The molecule has 84 valence electrons. The number of hydrogen-bond donors (Lipinski definition) is 0. The maximum Gasteiger partial charge on any atom is 0.346 e. The molecule has 0 aliphatic carbocycles. The van der Waals surface area contributed by atoms with Crippen LogP contribution in [0.5, 0.6) is 0 Å². The van der Waals surface area contributed by atoms with Gasteiger partial charge < -0.3 is 4.74 Å². The van der Waals surface area contributed by atoms with Gasteiger partial charge in [0.2, 0.25) is 0 Å². The minimum atomic E-state index is -0.629. The first-order chi connectivity index (χ1) is 8.22. The lowest BCUT2D eigenvalue weighted by atomic mass is 10.1. The van der Waals surface area contributed by atoms with E-state index in [0.29, 0.717) is 0 Å². The Kier molecular flexibility index (Phi) is 2.89. The van der Waals surface area contributed by atoms with Crippen molar-refractivity contribution in [3.05, 3.63) is 51.4 Å². The molecule has 0 radical (unpaired) electrons. The average Bonchev–Trinajstić information content (AvgIpc) is 2.61. The molecule has 1 aromatic rings. The summed E-state index contributed by atoms with van der Waals surface area (Å²) >= 11 is 0. The lowest BCUT2D eigenvalue weighted by Crippen LogP contribution is -1.96. The third-order valence-corrected chi connectivity index (χ3v) is 2.23. The summed E-state index contributed by atoms with van der Waals surface area (Å²) in [6, 6.07) is 4.79. The van der Waals surface area contributed by atoms with E-state index < -0.39 is 11.9 Å². The molecule has 0 saturated carbocycles. The zero-order chi connectivity index (χ0) is 12.3. The van der Waals surface area contributed by atoms with Gasteiger partial charge in [-0.2, -0.15) is 0 Å². The molecule has 0 unspecified atom stereocenters. The summed E-state index contributed by atoms with van der Waals surface area (Å²) in [4.78, 5) is 25.0. The van der Waals surface area contributed by atoms with Crippen LogP contribution in [-0.4, -0.2) is 18.5 Å². The summed E-state index contributed by atoms with van der Waals surface area (Å²) in [5.41, 5.74) is 9.36. The summed E-state index contributed by atoms with van der Waals surface area (Å²) in [6.07, 6.45) is 3.36. The molecule has 1 aliphatic heterocycles. The monoisotopic (exact) mass is 229 g/mol. The van der Waals surface area contributed by atoms with Gasteiger partial charge in [0.05, 0.1) is 11.1 Å². The van der Waals surface area contributed by atoms with Crippen LogP contribution in [0.1, 0.15) is 26.3 Å². The lowest BCUT2D eigenvalue weighted by molar-refractivity contribution is 0.0444. The molecule has 1 heterocycles. The molecule has 1 aromatic carbocycles. The van der Waals surface area contributed by atoms with Gasteiger partial charge in [-0.3, -0.25) is 0 Å². The van der Waals surface area contributed by atoms with E-state index in [-0.39, 0.29) is 17.7 Å². The first-order valence-corrected chi connectivity index (χ1v) is 4.80. The first-order valence-electron chi connectivity index (χ1n) is 4.80. The van der Waals surface area contributed by atoms with Gasteiger partial charge in [0.1, 0.15) is 0 Å². The molecule has 2 rings (SSSR count). The molecule has 0 fully saturated rings. The Labute approximate surface area is 96.1 Å². The molecule has 0 N–H and O–H groups in total. The van der Waals surface area contributed by atoms with Gasteiger partial charge >= 0.3 is 11.9 Å². The standard InChI is InChI=1S/C11H7N3O3/c12-14-13-5-1-2-7-3-4-8-9(6-7)11(16)17-10(8)15/h1-4,6H,5H2. The van der Waals surface area contributed by atoms with E-state index in [0.717, 1.165) is 5.56 Å². The minimum absolute atomic E-state index is 0.233. The van der Waals surface area contributed by atoms with Crippen molar-refractivity contribution < 1.29 is 14.3 Å². The van der Waals surface area contributed by atoms with Crippen LogP contribution in [0.15, 0.2) is 29.4 Å². The van der Waals surface area contributed by atoms with Crippen LogP contribution in [0.3, 0.4) is 0 Å². The molecule has 0 aromatic heterocycles. The summed E-state index contributed by atoms with van der Waals surface area (Å²) in [5, 5.41) is 3.33. The summed E-state index contributed by atoms with van der Waals surface area (Å²) in [7, 11) is 0. The Bertz CT molecular complexity index is 571. The second-order valence-electron chi connectivity index (χ2n) is 3.30. The van der Waals surface area contributed by atoms with E-state index in [2.05, 4.69) is 14.8 Å². The number of cyclic esters (lactones) is 2. The summed E-state index contributed by atoms with van der Waals surface area (Å²) in [5.74, 6) is -1.25. The van der Waals surface area contributed by atoms with E-state index in [1.54, 1.807) is 24.3 Å². The van der Waals surface area contributed by atoms with Crippen molar-refractivity contribution in [3.8, 4) is 0 Å². The van der Waals surface area contributed by atoms with Gasteiger partial charge in [-0.25, -0.2) is 9.59 Å². The van der Waals surface area contributed by atoms with Crippen molar-refractivity contribution in [3.63, 3.8) is 0 Å². The minimum Gasteiger partial charge on any atom is -0.386 e. The van der Waals surface area contributed by atoms with Crippen LogP contribution in [0.4, 0.5) is 0 Å². The Morgan fingerprint density at radius 1 is 1.29 bits per heavy atom. The predicted molar refractivity (Wildman–Crippen MR) is 59.2 cm³/mol. The van der Waals surface area contributed by atoms with Crippen molar-refractivity contribution in [1.29, 1.82) is 0 Å². The lowest BCUT2D eigenvalue weighted by Gasteiger charge is -1.95. The first kappa shape index (κ1) is 10.9. The third kappa shape index (κ3) is 2.16. The SMILES string of the molecule is [N-]=[N+]=NCC=Cc1ccc2c(c1)C(=O)OC2=O. The number of rotatable bonds is 3. The smallest absolute Gasteiger partial charge is 0.346 e. The van der Waals surface area contributed by atoms with Gasteiger partial charge in [-0.1, -0.05) is 23.3 Å². The Balaban J connectivity index is 2.25. The highest BCUT2D eigenvalue weighted by molar-refractivity contribution is 6.14. The van der Waals surface area contributed by atoms with Crippen molar-refractivity contribution in [2.75, 3.05) is 6.54 Å². The van der Waals surface area contributed by atoms with Crippen LogP contribution in [0, 0.1) is 0 Å². The van der Waals surface area contributed by atoms with Gasteiger partial charge in [0, 0.05) is 11.5 Å². The maximum atomic E-state index is 11.3. The number of fused-ring (bicyclic) bond motifs is 1. The predicted octanol–water partition coefficient (Wildman–Crippen LogP) is 2.32. The third-order valence-electron chi connectivity index (χ3n) is 2.23. The number of carbonyl (C=O) groups is 2. The second-order valence-corrected chi connectivity index (χ2v) is 3.30. The fourth-order valence-electron chi connectivity index (χ4n) is 1.48. The number of esters is 2. The molecule has 0 amide bonds. The second kappa shape index (κ2) is 4.51. The quantitative estimate of drug-likeness (QED) is 0.262. The largest absolute Gasteiger partial charge is 0.386 e. The van der Waals surface area contributed by atoms with Crippen LogP contribution < -0.4 is 0 Å². The van der Waals surface area contributed by atoms with E-state index in [1.165, 1.54) is 6.07 Å². The Morgan fingerprint density at radius 2 is 2.06 bits per heavy atom. The highest BCUT2D eigenvalue weighted by atomic mass is 16.6. The molecule has 6 nitrogen and oxygen atoms in total. The van der Waals surface area contributed by atoms with Crippen molar-refractivity contribution in [2.45, 2.75) is 0 Å². The number of carbonyl (C=O) groups excluding carboxylic acids is 2. The van der Waals surface area contributed by atoms with E-state index in [1.807, 2.05) is 0 Å². The van der Waals surface area contributed by atoms with Gasteiger partial charge in [0.25, 0.3) is 0 Å². The fourth-order valence-corrected chi connectivity index (χ4v) is 1.48. The zero-order valence-corrected chi connectivity index (χ0v) is 8.66. The van der Waals surface area contributed by atoms with E-state index >= 15 is 0 Å².